The maximum Gasteiger partial charge on any atom is 0.178 e. The molecule has 0 bridgehead atoms. The van der Waals surface area contributed by atoms with Gasteiger partial charge in [-0.2, -0.15) is 0 Å². The van der Waals surface area contributed by atoms with Crippen molar-refractivity contribution in [3.05, 3.63) is 205 Å². The van der Waals surface area contributed by atoms with Crippen molar-refractivity contribution in [2.45, 2.75) is 19.3 Å². The third-order valence-electron chi connectivity index (χ3n) is 11.8. The molecule has 0 N–H and O–H groups in total. The summed E-state index contributed by atoms with van der Waals surface area (Å²) < 4.78 is 13.2. The van der Waals surface area contributed by atoms with E-state index in [4.69, 9.17) is 19.4 Å². The van der Waals surface area contributed by atoms with E-state index < -0.39 is 0 Å². The molecular formula is C55H38N2O2. The van der Waals surface area contributed by atoms with Crippen LogP contribution in [-0.4, -0.2) is 9.97 Å². The van der Waals surface area contributed by atoms with Crippen LogP contribution in [0.5, 0.6) is 23.0 Å². The molecule has 280 valence electrons. The van der Waals surface area contributed by atoms with Gasteiger partial charge in [0.05, 0.1) is 11.4 Å². The molecule has 0 amide bonds. The molecule has 59 heavy (non-hydrogen) atoms. The standard InChI is InChI=1S/C55H38N2O2/c1-55(2)45-22-10-9-21-44(45)52-46(55)28-30-50-53(52)59-51-33-41(27-29-49(51)58-50)37-23-25-38(26-24-37)54-56-47(42-19-11-17-39(31-42)35-13-5-3-6-14-35)34-48(57-54)43-20-12-18-40(32-43)36-15-7-4-8-16-36/h3-34H,1-2H3. The second kappa shape index (κ2) is 13.8. The van der Waals surface area contributed by atoms with Gasteiger partial charge in [0.15, 0.2) is 28.8 Å². The molecule has 1 aliphatic heterocycles. The van der Waals surface area contributed by atoms with Gasteiger partial charge in [0.1, 0.15) is 0 Å². The highest BCUT2D eigenvalue weighted by Gasteiger charge is 2.39. The van der Waals surface area contributed by atoms with Crippen LogP contribution in [0.4, 0.5) is 0 Å². The molecule has 4 heteroatoms. The van der Waals surface area contributed by atoms with E-state index in [9.17, 15) is 0 Å². The molecule has 0 spiro atoms. The molecule has 0 saturated carbocycles. The van der Waals surface area contributed by atoms with Crippen LogP contribution in [0.3, 0.4) is 0 Å². The molecule has 0 radical (unpaired) electrons. The van der Waals surface area contributed by atoms with Gasteiger partial charge >= 0.3 is 0 Å². The Morgan fingerprint density at radius 1 is 0.356 bits per heavy atom. The Balaban J connectivity index is 0.955. The highest BCUT2D eigenvalue weighted by atomic mass is 16.6. The van der Waals surface area contributed by atoms with Gasteiger partial charge in [-0.3, -0.25) is 0 Å². The second-order valence-electron chi connectivity index (χ2n) is 15.8. The number of nitrogens with zero attached hydrogens (tertiary/aromatic N) is 2. The van der Waals surface area contributed by atoms with E-state index >= 15 is 0 Å². The lowest BCUT2D eigenvalue weighted by molar-refractivity contribution is 0.360. The molecule has 0 unspecified atom stereocenters. The largest absolute Gasteiger partial charge is 0.449 e. The lowest BCUT2D eigenvalue weighted by Gasteiger charge is -2.25. The van der Waals surface area contributed by atoms with E-state index in [0.29, 0.717) is 17.3 Å². The average Bonchev–Trinajstić information content (AvgIpc) is 3.54. The Kier molecular flexibility index (Phi) is 8.12. The summed E-state index contributed by atoms with van der Waals surface area (Å²) in [6, 6.07) is 67.7. The predicted molar refractivity (Wildman–Crippen MR) is 239 cm³/mol. The van der Waals surface area contributed by atoms with E-state index in [2.05, 4.69) is 184 Å². The molecular weight excluding hydrogens is 721 g/mol. The van der Waals surface area contributed by atoms with E-state index in [0.717, 1.165) is 78.5 Å². The molecule has 1 aromatic heterocycles. The zero-order chi connectivity index (χ0) is 39.5. The SMILES string of the molecule is CC1(C)c2ccccc2-c2c1ccc1c2Oc2cc(-c3ccc(-c4nc(-c5cccc(-c6ccccc6)c5)cc(-c5cccc(-c6ccccc6)c5)n4)cc3)ccc2O1. The molecule has 4 nitrogen and oxygen atoms in total. The van der Waals surface area contributed by atoms with E-state index in [1.807, 2.05) is 24.3 Å². The Labute approximate surface area is 344 Å². The quantitative estimate of drug-likeness (QED) is 0.169. The number of hydrogen-bond donors (Lipinski definition) is 0. The highest BCUT2D eigenvalue weighted by Crippen LogP contribution is 2.58. The zero-order valence-electron chi connectivity index (χ0n) is 32.7. The first kappa shape index (κ1) is 34.7. The van der Waals surface area contributed by atoms with E-state index in [1.165, 1.54) is 16.7 Å². The summed E-state index contributed by atoms with van der Waals surface area (Å²) in [6.07, 6.45) is 0. The maximum atomic E-state index is 6.76. The lowest BCUT2D eigenvalue weighted by atomic mass is 9.82. The number of ether oxygens (including phenoxy) is 2. The predicted octanol–water partition coefficient (Wildman–Crippen LogP) is 14.7. The van der Waals surface area contributed by atoms with Crippen LogP contribution in [0.15, 0.2) is 194 Å². The second-order valence-corrected chi connectivity index (χ2v) is 15.8. The van der Waals surface area contributed by atoms with Crippen molar-refractivity contribution in [1.82, 2.24) is 9.97 Å². The zero-order valence-corrected chi connectivity index (χ0v) is 32.7. The summed E-state index contributed by atoms with van der Waals surface area (Å²) in [6.45, 7) is 4.55. The molecule has 0 atom stereocenters. The van der Waals surface area contributed by atoms with Crippen molar-refractivity contribution in [3.8, 4) is 101 Å². The minimum atomic E-state index is -0.128. The molecule has 9 aromatic rings. The highest BCUT2D eigenvalue weighted by molar-refractivity contribution is 5.88. The number of aromatic nitrogens is 2. The van der Waals surface area contributed by atoms with Gasteiger partial charge in [0.2, 0.25) is 0 Å². The number of benzene rings is 8. The molecule has 11 rings (SSSR count). The van der Waals surface area contributed by atoms with Crippen molar-refractivity contribution in [1.29, 1.82) is 0 Å². The van der Waals surface area contributed by atoms with Crippen molar-refractivity contribution >= 4 is 0 Å². The molecule has 0 saturated heterocycles. The number of hydrogen-bond acceptors (Lipinski definition) is 4. The topological polar surface area (TPSA) is 44.2 Å². The summed E-state index contributed by atoms with van der Waals surface area (Å²) in [7, 11) is 0. The lowest BCUT2D eigenvalue weighted by Crippen LogP contribution is -2.15. The van der Waals surface area contributed by atoms with Crippen LogP contribution in [-0.2, 0) is 5.41 Å². The Hall–Kier alpha value is -7.56. The van der Waals surface area contributed by atoms with Crippen LogP contribution in [0.1, 0.15) is 25.0 Å². The van der Waals surface area contributed by atoms with Gasteiger partial charge in [0, 0.05) is 27.7 Å². The van der Waals surface area contributed by atoms with Gasteiger partial charge in [-0.25, -0.2) is 9.97 Å². The molecule has 8 aromatic carbocycles. The smallest absolute Gasteiger partial charge is 0.178 e. The third kappa shape index (κ3) is 6.09. The Morgan fingerprint density at radius 3 is 1.53 bits per heavy atom. The van der Waals surface area contributed by atoms with Crippen LogP contribution in [0.2, 0.25) is 0 Å². The first-order valence-corrected chi connectivity index (χ1v) is 20.0. The Morgan fingerprint density at radius 2 is 0.864 bits per heavy atom. The fourth-order valence-corrected chi connectivity index (χ4v) is 8.67. The maximum absolute atomic E-state index is 6.76. The van der Waals surface area contributed by atoms with Gasteiger partial charge in [-0.05, 0) is 86.5 Å². The van der Waals surface area contributed by atoms with Gasteiger partial charge in [-0.1, -0.05) is 172 Å². The van der Waals surface area contributed by atoms with Crippen molar-refractivity contribution in [2.75, 3.05) is 0 Å². The van der Waals surface area contributed by atoms with Crippen LogP contribution >= 0.6 is 0 Å². The first-order valence-electron chi connectivity index (χ1n) is 20.0. The summed E-state index contributed by atoms with van der Waals surface area (Å²) in [5.41, 5.74) is 16.1. The van der Waals surface area contributed by atoms with E-state index in [-0.39, 0.29) is 5.41 Å². The van der Waals surface area contributed by atoms with Crippen LogP contribution < -0.4 is 9.47 Å². The van der Waals surface area contributed by atoms with Crippen molar-refractivity contribution < 1.29 is 9.47 Å². The minimum Gasteiger partial charge on any atom is -0.449 e. The fourth-order valence-electron chi connectivity index (χ4n) is 8.67. The summed E-state index contributed by atoms with van der Waals surface area (Å²) in [4.78, 5) is 10.4. The summed E-state index contributed by atoms with van der Waals surface area (Å²) in [5.74, 6) is 3.58. The number of fused-ring (bicyclic) bond motifs is 6. The first-order chi connectivity index (χ1) is 29.0. The molecule has 2 heterocycles. The summed E-state index contributed by atoms with van der Waals surface area (Å²) >= 11 is 0. The van der Waals surface area contributed by atoms with Gasteiger partial charge in [0.25, 0.3) is 0 Å². The average molecular weight is 759 g/mol. The van der Waals surface area contributed by atoms with Crippen LogP contribution in [0.25, 0.3) is 78.4 Å². The fraction of sp³-hybridized carbons (Fsp3) is 0.0545. The van der Waals surface area contributed by atoms with Crippen LogP contribution in [0, 0.1) is 0 Å². The molecule has 1 aliphatic carbocycles. The summed E-state index contributed by atoms with van der Waals surface area (Å²) in [5, 5.41) is 0. The molecule has 2 aliphatic rings. The van der Waals surface area contributed by atoms with Gasteiger partial charge < -0.3 is 9.47 Å². The third-order valence-corrected chi connectivity index (χ3v) is 11.8. The van der Waals surface area contributed by atoms with Gasteiger partial charge in [-0.15, -0.1) is 0 Å². The van der Waals surface area contributed by atoms with Crippen molar-refractivity contribution in [3.63, 3.8) is 0 Å². The van der Waals surface area contributed by atoms with Crippen molar-refractivity contribution in [2.24, 2.45) is 0 Å². The monoisotopic (exact) mass is 758 g/mol. The number of rotatable bonds is 6. The minimum absolute atomic E-state index is 0.128. The Bertz CT molecular complexity index is 2960. The van der Waals surface area contributed by atoms with E-state index in [1.54, 1.807) is 0 Å². The normalized spacial score (nSPS) is 13.0. The molecule has 0 fully saturated rings.